The molecule has 1 N–H and O–H groups in total. The van der Waals surface area contributed by atoms with Crippen molar-refractivity contribution in [3.05, 3.63) is 42.1 Å². The first-order chi connectivity index (χ1) is 12.3. The Morgan fingerprint density at radius 3 is 2.62 bits per heavy atom. The van der Waals surface area contributed by atoms with Gasteiger partial charge in [0.05, 0.1) is 24.1 Å². The first-order valence-electron chi connectivity index (χ1n) is 8.25. The summed E-state index contributed by atoms with van der Waals surface area (Å²) in [6.45, 7) is 5.70. The molecular weight excluding hydrogens is 358 g/mol. The molecular formula is C17H21N3O5S. The quantitative estimate of drug-likeness (QED) is 0.872. The fraction of sp³-hybridized carbons (Fsp3) is 0.412. The van der Waals surface area contributed by atoms with Gasteiger partial charge in [-0.1, -0.05) is 0 Å². The summed E-state index contributed by atoms with van der Waals surface area (Å²) >= 11 is 0. The van der Waals surface area contributed by atoms with Gasteiger partial charge in [-0.15, -0.1) is 0 Å². The third-order valence-corrected chi connectivity index (χ3v) is 5.96. The molecule has 1 fully saturated rings. The van der Waals surface area contributed by atoms with Gasteiger partial charge in [0.15, 0.2) is 5.76 Å². The third-order valence-electron chi connectivity index (χ3n) is 4.02. The van der Waals surface area contributed by atoms with Crippen LogP contribution in [-0.2, 0) is 14.8 Å². The molecule has 0 bridgehead atoms. The van der Waals surface area contributed by atoms with E-state index < -0.39 is 15.9 Å². The lowest BCUT2D eigenvalue weighted by Crippen LogP contribution is -2.48. The lowest BCUT2D eigenvalue weighted by molar-refractivity contribution is -0.0441. The van der Waals surface area contributed by atoms with Gasteiger partial charge in [0.1, 0.15) is 10.7 Å². The van der Waals surface area contributed by atoms with Crippen LogP contribution in [0.25, 0.3) is 0 Å². The van der Waals surface area contributed by atoms with Crippen molar-refractivity contribution in [1.82, 2.24) is 9.29 Å². The Morgan fingerprint density at radius 2 is 2.00 bits per heavy atom. The van der Waals surface area contributed by atoms with Crippen molar-refractivity contribution in [2.75, 3.05) is 18.4 Å². The smallest absolute Gasteiger partial charge is 0.291 e. The van der Waals surface area contributed by atoms with Crippen molar-refractivity contribution in [2.45, 2.75) is 37.9 Å². The summed E-state index contributed by atoms with van der Waals surface area (Å²) in [4.78, 5) is 16.2. The summed E-state index contributed by atoms with van der Waals surface area (Å²) in [5.41, 5.74) is 0.492. The van der Waals surface area contributed by atoms with Crippen LogP contribution in [-0.4, -0.2) is 48.9 Å². The molecule has 2 aromatic rings. The molecule has 8 nitrogen and oxygen atoms in total. The highest BCUT2D eigenvalue weighted by atomic mass is 32.2. The number of nitrogens with zero attached hydrogens (tertiary/aromatic N) is 2. The van der Waals surface area contributed by atoms with Gasteiger partial charge >= 0.3 is 0 Å². The highest BCUT2D eigenvalue weighted by molar-refractivity contribution is 7.89. The molecule has 0 radical (unpaired) electrons. The summed E-state index contributed by atoms with van der Waals surface area (Å²) in [5.74, 6) is -0.432. The fourth-order valence-corrected chi connectivity index (χ4v) is 4.68. The summed E-state index contributed by atoms with van der Waals surface area (Å²) < 4.78 is 38.3. The highest BCUT2D eigenvalue weighted by Crippen LogP contribution is 2.26. The topological polar surface area (TPSA) is 102 Å². The van der Waals surface area contributed by atoms with Gasteiger partial charge in [0.2, 0.25) is 10.0 Å². The predicted molar refractivity (Wildman–Crippen MR) is 94.4 cm³/mol. The van der Waals surface area contributed by atoms with Crippen molar-refractivity contribution in [3.8, 4) is 0 Å². The number of aryl methyl sites for hydroxylation is 1. The number of amides is 1. The number of carbonyl (C=O) groups is 1. The molecule has 3 heterocycles. The number of carbonyl (C=O) groups excluding carboxylic acids is 1. The van der Waals surface area contributed by atoms with E-state index in [-0.39, 0.29) is 41.7 Å². The van der Waals surface area contributed by atoms with E-state index in [1.807, 2.05) is 13.8 Å². The molecule has 3 rings (SSSR count). The van der Waals surface area contributed by atoms with E-state index in [4.69, 9.17) is 9.15 Å². The van der Waals surface area contributed by atoms with Crippen molar-refractivity contribution >= 4 is 21.6 Å². The minimum absolute atomic E-state index is 0.00450. The average molecular weight is 379 g/mol. The van der Waals surface area contributed by atoms with Gasteiger partial charge in [-0.3, -0.25) is 9.78 Å². The molecule has 2 aromatic heterocycles. The summed E-state index contributed by atoms with van der Waals surface area (Å²) in [7, 11) is -3.78. The minimum Gasteiger partial charge on any atom is -0.455 e. The van der Waals surface area contributed by atoms with E-state index in [0.29, 0.717) is 5.69 Å². The molecule has 9 heteroatoms. The van der Waals surface area contributed by atoms with E-state index in [2.05, 4.69) is 10.3 Å². The highest BCUT2D eigenvalue weighted by Gasteiger charge is 2.35. The number of ether oxygens (including phenoxy) is 1. The first kappa shape index (κ1) is 18.6. The van der Waals surface area contributed by atoms with Crippen molar-refractivity contribution in [2.24, 2.45) is 0 Å². The zero-order valence-corrected chi connectivity index (χ0v) is 15.6. The molecule has 2 atom stereocenters. The standard InChI is InChI=1S/C17H21N3O5S/c1-11-9-20(10-12(2)24-11)26(22,23)16-7-15(25-13(16)3)17(21)19-14-5-4-6-18-8-14/h4-8,11-12H,9-10H2,1-3H3,(H,19,21)/t11-,12+. The maximum absolute atomic E-state index is 13.0. The van der Waals surface area contributed by atoms with Crippen molar-refractivity contribution < 1.29 is 22.4 Å². The number of pyridine rings is 1. The van der Waals surface area contributed by atoms with Crippen LogP contribution in [0.1, 0.15) is 30.2 Å². The van der Waals surface area contributed by atoms with Gasteiger partial charge < -0.3 is 14.5 Å². The molecule has 0 saturated carbocycles. The lowest BCUT2D eigenvalue weighted by Gasteiger charge is -2.34. The largest absolute Gasteiger partial charge is 0.455 e. The molecule has 0 aromatic carbocycles. The van der Waals surface area contributed by atoms with Gasteiger partial charge in [0.25, 0.3) is 5.91 Å². The Labute approximate surface area is 152 Å². The van der Waals surface area contributed by atoms with Crippen LogP contribution in [0.15, 0.2) is 39.9 Å². The predicted octanol–water partition coefficient (Wildman–Crippen LogP) is 2.03. The average Bonchev–Trinajstić information content (AvgIpc) is 2.98. The van der Waals surface area contributed by atoms with E-state index in [1.165, 1.54) is 23.5 Å². The molecule has 0 unspecified atom stereocenters. The molecule has 1 aliphatic rings. The van der Waals surface area contributed by atoms with E-state index in [1.54, 1.807) is 18.3 Å². The maximum atomic E-state index is 13.0. The third kappa shape index (κ3) is 3.79. The zero-order chi connectivity index (χ0) is 18.9. The van der Waals surface area contributed by atoms with Gasteiger partial charge in [0, 0.05) is 25.4 Å². The maximum Gasteiger partial charge on any atom is 0.291 e. The number of nitrogens with one attached hydrogen (secondary N) is 1. The van der Waals surface area contributed by atoms with Gasteiger partial charge in [-0.05, 0) is 32.9 Å². The van der Waals surface area contributed by atoms with E-state index in [0.717, 1.165) is 0 Å². The molecule has 1 amide bonds. The van der Waals surface area contributed by atoms with E-state index >= 15 is 0 Å². The van der Waals surface area contributed by atoms with Gasteiger partial charge in [-0.25, -0.2) is 8.42 Å². The summed E-state index contributed by atoms with van der Waals surface area (Å²) in [6, 6.07) is 4.62. The number of anilines is 1. The number of furan rings is 1. The van der Waals surface area contributed by atoms with Crippen LogP contribution in [0, 0.1) is 6.92 Å². The second-order valence-corrected chi connectivity index (χ2v) is 8.21. The van der Waals surface area contributed by atoms with Crippen molar-refractivity contribution in [3.63, 3.8) is 0 Å². The van der Waals surface area contributed by atoms with Crippen LogP contribution >= 0.6 is 0 Å². The zero-order valence-electron chi connectivity index (χ0n) is 14.8. The number of sulfonamides is 1. The fourth-order valence-electron chi connectivity index (χ4n) is 2.93. The Balaban J connectivity index is 1.84. The molecule has 140 valence electrons. The normalized spacial score (nSPS) is 21.5. The molecule has 0 aliphatic carbocycles. The first-order valence-corrected chi connectivity index (χ1v) is 9.69. The Kier molecular flexibility index (Phi) is 5.12. The number of aromatic nitrogens is 1. The van der Waals surface area contributed by atoms with Crippen molar-refractivity contribution in [1.29, 1.82) is 0 Å². The van der Waals surface area contributed by atoms with Crippen LogP contribution in [0.5, 0.6) is 0 Å². The molecule has 1 saturated heterocycles. The van der Waals surface area contributed by atoms with Crippen LogP contribution in [0.4, 0.5) is 5.69 Å². The van der Waals surface area contributed by atoms with Crippen LogP contribution < -0.4 is 5.32 Å². The number of hydrogen-bond acceptors (Lipinski definition) is 6. The monoisotopic (exact) mass is 379 g/mol. The lowest BCUT2D eigenvalue weighted by atomic mass is 10.3. The Morgan fingerprint density at radius 1 is 1.31 bits per heavy atom. The summed E-state index contributed by atoms with van der Waals surface area (Å²) in [5, 5.41) is 2.62. The van der Waals surface area contributed by atoms with E-state index in [9.17, 15) is 13.2 Å². The number of rotatable bonds is 4. The van der Waals surface area contributed by atoms with Gasteiger partial charge in [-0.2, -0.15) is 4.31 Å². The summed E-state index contributed by atoms with van der Waals surface area (Å²) in [6.07, 6.45) is 2.67. The molecule has 0 spiro atoms. The van der Waals surface area contributed by atoms with Crippen LogP contribution in [0.3, 0.4) is 0 Å². The molecule has 1 aliphatic heterocycles. The SMILES string of the molecule is Cc1oc(C(=O)Nc2cccnc2)cc1S(=O)(=O)N1C[C@@H](C)O[C@@H](C)C1. The second kappa shape index (κ2) is 7.18. The van der Waals surface area contributed by atoms with Crippen LogP contribution in [0.2, 0.25) is 0 Å². The minimum atomic E-state index is -3.78. The number of morpholine rings is 1. The number of hydrogen-bond donors (Lipinski definition) is 1. The molecule has 26 heavy (non-hydrogen) atoms. The second-order valence-electron chi connectivity index (χ2n) is 6.31. The Hall–Kier alpha value is -2.23. The Bertz CT molecular complexity index is 884.